The number of carboxylic acid groups (broad SMARTS) is 1. The highest BCUT2D eigenvalue weighted by Gasteiger charge is 2.53. The number of phenolic OH excluding ortho intramolecular Hbond substituents is 1. The third-order valence-electron chi connectivity index (χ3n) is 6.88. The number of carbonyl (C=O) groups excluding carboxylic acids is 1. The van der Waals surface area contributed by atoms with Crippen molar-refractivity contribution < 1.29 is 59.2 Å². The first-order chi connectivity index (χ1) is 16.6. The number of hydrogen-bond donors (Lipinski definition) is 6. The number of ether oxygens (including phenoxy) is 4. The third kappa shape index (κ3) is 4.99. The maximum atomic E-state index is 12.2. The van der Waals surface area contributed by atoms with Crippen molar-refractivity contribution in [3.8, 4) is 5.75 Å². The molecule has 6 N–H and O–H groups in total. The van der Waals surface area contributed by atoms with Gasteiger partial charge in [0.2, 0.25) is 6.29 Å². The number of rotatable bonds is 6. The van der Waals surface area contributed by atoms with Gasteiger partial charge in [0.15, 0.2) is 6.29 Å². The second-order valence-electron chi connectivity index (χ2n) is 9.02. The average molecular weight is 496 g/mol. The highest BCUT2D eigenvalue weighted by atomic mass is 16.8. The summed E-state index contributed by atoms with van der Waals surface area (Å²) in [6, 6.07) is 5.28. The maximum Gasteiger partial charge on any atom is 0.338 e. The Labute approximate surface area is 199 Å². The van der Waals surface area contributed by atoms with Gasteiger partial charge >= 0.3 is 11.9 Å². The number of phenols is 1. The predicted molar refractivity (Wildman–Crippen MR) is 114 cm³/mol. The molecule has 0 bridgehead atoms. The Morgan fingerprint density at radius 3 is 2.37 bits per heavy atom. The fourth-order valence-electron chi connectivity index (χ4n) is 4.81. The summed E-state index contributed by atoms with van der Waals surface area (Å²) in [5.74, 6) is -3.51. The summed E-state index contributed by atoms with van der Waals surface area (Å²) in [5, 5.41) is 60.2. The quantitative estimate of drug-likeness (QED) is 0.273. The average Bonchev–Trinajstić information content (AvgIpc) is 3.13. The highest BCUT2D eigenvalue weighted by Crippen LogP contribution is 2.47. The largest absolute Gasteiger partial charge is 0.508 e. The summed E-state index contributed by atoms with van der Waals surface area (Å²) in [5.41, 5.74) is 0.135. The van der Waals surface area contributed by atoms with Crippen molar-refractivity contribution in [1.82, 2.24) is 0 Å². The molecule has 35 heavy (non-hydrogen) atoms. The van der Waals surface area contributed by atoms with Crippen LogP contribution < -0.4 is 0 Å². The van der Waals surface area contributed by atoms with Crippen molar-refractivity contribution in [2.75, 3.05) is 6.61 Å². The van der Waals surface area contributed by atoms with E-state index < -0.39 is 79.4 Å². The van der Waals surface area contributed by atoms with E-state index in [4.69, 9.17) is 18.9 Å². The summed E-state index contributed by atoms with van der Waals surface area (Å²) in [4.78, 5) is 23.8. The van der Waals surface area contributed by atoms with E-state index in [0.717, 1.165) is 6.26 Å². The summed E-state index contributed by atoms with van der Waals surface area (Å²) >= 11 is 0. The number of aliphatic hydroxyl groups is 4. The fraction of sp³-hybridized carbons (Fsp3) is 0.565. The molecule has 0 aromatic heterocycles. The lowest BCUT2D eigenvalue weighted by Gasteiger charge is -2.43. The number of carboxylic acids is 1. The molecule has 0 spiro atoms. The SMILES string of the molecule is C[C@@H]1[C@H]2[C@@H](O[C@@H]3O[C@H](COC(=O)c4ccc(O)cc4)[C@@H](O)[C@H](O)[C@H]3O)OC=C(C(=O)O)[C@H]2C[C@@H]1O. The second kappa shape index (κ2) is 10.1. The fourth-order valence-corrected chi connectivity index (χ4v) is 4.81. The molecule has 0 unspecified atom stereocenters. The number of benzene rings is 1. The zero-order valence-electron chi connectivity index (χ0n) is 18.7. The molecule has 2 heterocycles. The van der Waals surface area contributed by atoms with Gasteiger partial charge in [0.1, 0.15) is 36.8 Å². The Morgan fingerprint density at radius 1 is 1.03 bits per heavy atom. The Morgan fingerprint density at radius 2 is 1.71 bits per heavy atom. The van der Waals surface area contributed by atoms with Gasteiger partial charge in [-0.05, 0) is 36.6 Å². The van der Waals surface area contributed by atoms with Gasteiger partial charge in [-0.2, -0.15) is 0 Å². The van der Waals surface area contributed by atoms with E-state index >= 15 is 0 Å². The highest BCUT2D eigenvalue weighted by molar-refractivity contribution is 5.89. The molecule has 1 saturated heterocycles. The zero-order chi connectivity index (χ0) is 25.4. The standard InChI is InChI=1S/C23H28O12/c1-9-14(25)6-12-13(20(29)30)7-33-22(16(9)12)35-23-19(28)18(27)17(26)15(34-23)8-32-21(31)10-2-4-11(24)5-3-10/h2-5,7,9,12,14-19,22-28H,6,8H2,1H3,(H,29,30)/t9-,12+,14-,15+,16+,17+,18-,19+,22+,23-/m0/s1. The number of aliphatic hydroxyl groups excluding tert-OH is 4. The molecule has 0 radical (unpaired) electrons. The van der Waals surface area contributed by atoms with Crippen molar-refractivity contribution in [2.24, 2.45) is 17.8 Å². The molecule has 1 aliphatic carbocycles. The zero-order valence-corrected chi connectivity index (χ0v) is 18.7. The van der Waals surface area contributed by atoms with Crippen LogP contribution >= 0.6 is 0 Å². The summed E-state index contributed by atoms with van der Waals surface area (Å²) < 4.78 is 22.0. The van der Waals surface area contributed by atoms with Gasteiger partial charge in [-0.25, -0.2) is 9.59 Å². The topological polar surface area (TPSA) is 192 Å². The molecular formula is C23H28O12. The van der Waals surface area contributed by atoms with Crippen LogP contribution in [0.4, 0.5) is 0 Å². The number of hydrogen-bond acceptors (Lipinski definition) is 11. The molecule has 12 nitrogen and oxygen atoms in total. The second-order valence-corrected chi connectivity index (χ2v) is 9.02. The van der Waals surface area contributed by atoms with E-state index in [2.05, 4.69) is 0 Å². The van der Waals surface area contributed by atoms with Gasteiger partial charge in [-0.1, -0.05) is 6.92 Å². The monoisotopic (exact) mass is 496 g/mol. The maximum absolute atomic E-state index is 12.2. The van der Waals surface area contributed by atoms with E-state index in [1.807, 2.05) is 0 Å². The van der Waals surface area contributed by atoms with Gasteiger partial charge in [-0.3, -0.25) is 0 Å². The molecule has 192 valence electrons. The molecule has 1 aromatic carbocycles. The molecule has 2 aliphatic heterocycles. The first-order valence-electron chi connectivity index (χ1n) is 11.2. The minimum absolute atomic E-state index is 0.00200. The van der Waals surface area contributed by atoms with Crippen LogP contribution in [-0.2, 0) is 23.7 Å². The van der Waals surface area contributed by atoms with Crippen LogP contribution in [0.15, 0.2) is 36.1 Å². The molecular weight excluding hydrogens is 468 g/mol. The normalized spacial score (nSPS) is 38.7. The van der Waals surface area contributed by atoms with Crippen LogP contribution in [0.5, 0.6) is 5.75 Å². The molecule has 1 aromatic rings. The van der Waals surface area contributed by atoms with E-state index in [0.29, 0.717) is 0 Å². The number of aromatic hydroxyl groups is 1. The molecule has 3 aliphatic rings. The van der Waals surface area contributed by atoms with Crippen molar-refractivity contribution >= 4 is 11.9 Å². The minimum atomic E-state index is -1.71. The summed E-state index contributed by atoms with van der Waals surface area (Å²) in [6.45, 7) is 1.24. The van der Waals surface area contributed by atoms with Crippen molar-refractivity contribution in [1.29, 1.82) is 0 Å². The number of aliphatic carboxylic acids is 1. The van der Waals surface area contributed by atoms with Crippen molar-refractivity contribution in [3.05, 3.63) is 41.7 Å². The molecule has 10 atom stereocenters. The van der Waals surface area contributed by atoms with E-state index in [1.165, 1.54) is 24.3 Å². The molecule has 1 saturated carbocycles. The summed E-state index contributed by atoms with van der Waals surface area (Å²) in [7, 11) is 0. The van der Waals surface area contributed by atoms with Crippen LogP contribution in [-0.4, -0.2) is 92.3 Å². The van der Waals surface area contributed by atoms with Crippen molar-refractivity contribution in [3.63, 3.8) is 0 Å². The lowest BCUT2D eigenvalue weighted by Crippen LogP contribution is -2.60. The molecule has 2 fully saturated rings. The third-order valence-corrected chi connectivity index (χ3v) is 6.88. The Kier molecular flexibility index (Phi) is 7.31. The molecule has 0 amide bonds. The minimum Gasteiger partial charge on any atom is -0.508 e. The predicted octanol–water partition coefficient (Wildman–Crippen LogP) is -0.669. The first kappa shape index (κ1) is 25.4. The lowest BCUT2D eigenvalue weighted by atomic mass is 9.83. The Balaban J connectivity index is 1.45. The van der Waals surface area contributed by atoms with Crippen LogP contribution in [0.25, 0.3) is 0 Å². The van der Waals surface area contributed by atoms with E-state index in [1.54, 1.807) is 6.92 Å². The number of carbonyl (C=O) groups is 2. The van der Waals surface area contributed by atoms with Gasteiger partial charge in [0.25, 0.3) is 0 Å². The van der Waals surface area contributed by atoms with Crippen LogP contribution in [0.1, 0.15) is 23.7 Å². The smallest absolute Gasteiger partial charge is 0.338 e. The van der Waals surface area contributed by atoms with Gasteiger partial charge in [0.05, 0.1) is 23.5 Å². The first-order valence-corrected chi connectivity index (χ1v) is 11.2. The Hall–Kier alpha value is -2.74. The van der Waals surface area contributed by atoms with Gasteiger partial charge < -0.3 is 49.6 Å². The lowest BCUT2D eigenvalue weighted by molar-refractivity contribution is -0.342. The van der Waals surface area contributed by atoms with E-state index in [-0.39, 0.29) is 23.3 Å². The number of fused-ring (bicyclic) bond motifs is 1. The number of esters is 1. The van der Waals surface area contributed by atoms with Crippen LogP contribution in [0.3, 0.4) is 0 Å². The summed E-state index contributed by atoms with van der Waals surface area (Å²) in [6.07, 6.45) is -8.46. The van der Waals surface area contributed by atoms with Crippen LogP contribution in [0, 0.1) is 17.8 Å². The van der Waals surface area contributed by atoms with Gasteiger partial charge in [-0.15, -0.1) is 0 Å². The molecule has 12 heteroatoms. The van der Waals surface area contributed by atoms with Crippen LogP contribution in [0.2, 0.25) is 0 Å². The molecule has 4 rings (SSSR count). The van der Waals surface area contributed by atoms with E-state index in [9.17, 15) is 40.2 Å². The van der Waals surface area contributed by atoms with Crippen molar-refractivity contribution in [2.45, 2.75) is 56.4 Å². The van der Waals surface area contributed by atoms with Gasteiger partial charge in [0, 0.05) is 11.8 Å². The Bertz CT molecular complexity index is 962.